The minimum Gasteiger partial charge on any atom is -0.454 e. The summed E-state index contributed by atoms with van der Waals surface area (Å²) in [7, 11) is 0. The molecule has 0 saturated heterocycles. The molecule has 0 bridgehead atoms. The molecule has 4 nitrogen and oxygen atoms in total. The molecule has 0 saturated carbocycles. The van der Waals surface area contributed by atoms with Gasteiger partial charge in [0.1, 0.15) is 5.71 Å². The van der Waals surface area contributed by atoms with Crippen molar-refractivity contribution in [1.29, 1.82) is 0 Å². The molecule has 0 N–H and O–H groups in total. The summed E-state index contributed by atoms with van der Waals surface area (Å²) in [6, 6.07) is 14.2. The zero-order chi connectivity index (χ0) is 14.2. The van der Waals surface area contributed by atoms with Crippen LogP contribution in [0.5, 0.6) is 11.5 Å². The van der Waals surface area contributed by atoms with Crippen molar-refractivity contribution in [1.82, 2.24) is 0 Å². The van der Waals surface area contributed by atoms with Crippen molar-refractivity contribution in [3.8, 4) is 11.5 Å². The first-order valence-electron chi connectivity index (χ1n) is 6.91. The van der Waals surface area contributed by atoms with Crippen LogP contribution >= 0.6 is 0 Å². The van der Waals surface area contributed by atoms with Crippen LogP contribution in [0.1, 0.15) is 23.6 Å². The molecule has 2 heterocycles. The fourth-order valence-corrected chi connectivity index (χ4v) is 2.66. The molecule has 0 amide bonds. The van der Waals surface area contributed by atoms with Crippen LogP contribution in [0, 0.1) is 0 Å². The summed E-state index contributed by atoms with van der Waals surface area (Å²) in [6.45, 7) is 2.27. The quantitative estimate of drug-likeness (QED) is 0.804. The first-order valence-corrected chi connectivity index (χ1v) is 6.91. The molecule has 0 aliphatic carbocycles. The molecule has 0 radical (unpaired) electrons. The molecule has 2 aromatic carbocycles. The Morgan fingerprint density at radius 3 is 2.52 bits per heavy atom. The second-order valence-electron chi connectivity index (χ2n) is 5.19. The molecule has 2 aliphatic heterocycles. The monoisotopic (exact) mass is 278 g/mol. The minimum absolute atomic E-state index is 0.281. The van der Waals surface area contributed by atoms with Gasteiger partial charge in [-0.05, 0) is 24.6 Å². The molecule has 2 aromatic rings. The van der Waals surface area contributed by atoms with Crippen molar-refractivity contribution in [2.24, 2.45) is 10.2 Å². The van der Waals surface area contributed by atoms with Crippen molar-refractivity contribution < 1.29 is 9.47 Å². The van der Waals surface area contributed by atoms with Gasteiger partial charge in [-0.1, -0.05) is 30.3 Å². The predicted octanol–water partition coefficient (Wildman–Crippen LogP) is 3.18. The van der Waals surface area contributed by atoms with E-state index >= 15 is 0 Å². The molecule has 0 unspecified atom stereocenters. The third-order valence-corrected chi connectivity index (χ3v) is 3.67. The first-order chi connectivity index (χ1) is 10.3. The minimum atomic E-state index is 0.281. The largest absolute Gasteiger partial charge is 0.454 e. The Morgan fingerprint density at radius 2 is 1.71 bits per heavy atom. The van der Waals surface area contributed by atoms with E-state index in [1.807, 2.05) is 49.4 Å². The van der Waals surface area contributed by atoms with Crippen LogP contribution in [-0.4, -0.2) is 18.2 Å². The van der Waals surface area contributed by atoms with E-state index in [0.717, 1.165) is 40.5 Å². The van der Waals surface area contributed by atoms with Crippen LogP contribution in [0.4, 0.5) is 0 Å². The number of nitrogens with zero attached hydrogens (tertiary/aromatic N) is 2. The highest BCUT2D eigenvalue weighted by molar-refractivity contribution is 6.15. The highest BCUT2D eigenvalue weighted by atomic mass is 16.7. The maximum atomic E-state index is 5.50. The number of hydrogen-bond acceptors (Lipinski definition) is 4. The number of benzene rings is 2. The van der Waals surface area contributed by atoms with Gasteiger partial charge in [0.25, 0.3) is 0 Å². The molecule has 0 fully saturated rings. The molecule has 0 aromatic heterocycles. The lowest BCUT2D eigenvalue weighted by molar-refractivity contribution is 0.174. The number of fused-ring (bicyclic) bond motifs is 2. The van der Waals surface area contributed by atoms with Crippen molar-refractivity contribution in [3.63, 3.8) is 0 Å². The van der Waals surface area contributed by atoms with Crippen LogP contribution in [0.15, 0.2) is 52.7 Å². The molecule has 4 rings (SSSR count). The zero-order valence-electron chi connectivity index (χ0n) is 11.7. The SMILES string of the molecule is CC1=NN=C(c2ccccc2)c2cc3c(cc2C1)OCO3. The van der Waals surface area contributed by atoms with Gasteiger partial charge < -0.3 is 9.47 Å². The summed E-state index contributed by atoms with van der Waals surface area (Å²) in [5.74, 6) is 1.58. The maximum Gasteiger partial charge on any atom is 0.231 e. The van der Waals surface area contributed by atoms with E-state index in [2.05, 4.69) is 10.2 Å². The molecule has 4 heteroatoms. The Hall–Kier alpha value is -2.62. The normalized spacial score (nSPS) is 15.9. The van der Waals surface area contributed by atoms with E-state index in [0.29, 0.717) is 0 Å². The number of rotatable bonds is 1. The zero-order valence-corrected chi connectivity index (χ0v) is 11.7. The lowest BCUT2D eigenvalue weighted by atomic mass is 9.94. The Kier molecular flexibility index (Phi) is 2.74. The topological polar surface area (TPSA) is 43.2 Å². The Bertz CT molecular complexity index is 764. The van der Waals surface area contributed by atoms with Crippen LogP contribution in [0.2, 0.25) is 0 Å². The fraction of sp³-hybridized carbons (Fsp3) is 0.176. The number of ether oxygens (including phenoxy) is 2. The van der Waals surface area contributed by atoms with Gasteiger partial charge in [-0.15, -0.1) is 5.10 Å². The second kappa shape index (κ2) is 4.74. The van der Waals surface area contributed by atoms with Gasteiger partial charge in [0.15, 0.2) is 11.5 Å². The molecule has 21 heavy (non-hydrogen) atoms. The van der Waals surface area contributed by atoms with Gasteiger partial charge in [0.2, 0.25) is 6.79 Å². The summed E-state index contributed by atoms with van der Waals surface area (Å²) in [5, 5.41) is 8.77. The lowest BCUT2D eigenvalue weighted by Crippen LogP contribution is -2.06. The molecular weight excluding hydrogens is 264 g/mol. The van der Waals surface area contributed by atoms with Crippen molar-refractivity contribution in [3.05, 3.63) is 59.2 Å². The Labute approximate surface area is 122 Å². The summed E-state index contributed by atoms with van der Waals surface area (Å²) in [5.41, 5.74) is 5.14. The molecule has 0 atom stereocenters. The smallest absolute Gasteiger partial charge is 0.231 e. The first kappa shape index (κ1) is 12.1. The lowest BCUT2D eigenvalue weighted by Gasteiger charge is -2.10. The predicted molar refractivity (Wildman–Crippen MR) is 81.5 cm³/mol. The molecule has 104 valence electrons. The fourth-order valence-electron chi connectivity index (χ4n) is 2.66. The van der Waals surface area contributed by atoms with E-state index in [4.69, 9.17) is 9.47 Å². The average molecular weight is 278 g/mol. The molecule has 0 spiro atoms. The molecular formula is C17H14N2O2. The summed E-state index contributed by atoms with van der Waals surface area (Å²) < 4.78 is 11.0. The van der Waals surface area contributed by atoms with E-state index < -0.39 is 0 Å². The summed E-state index contributed by atoms with van der Waals surface area (Å²) >= 11 is 0. The standard InChI is InChI=1S/C17H14N2O2/c1-11-7-13-8-15-16(21-10-20-15)9-14(13)17(19-18-11)12-5-3-2-4-6-12/h2-6,8-9H,7,10H2,1H3. The van der Waals surface area contributed by atoms with E-state index in [1.165, 1.54) is 5.56 Å². The second-order valence-corrected chi connectivity index (χ2v) is 5.19. The summed E-state index contributed by atoms with van der Waals surface area (Å²) in [6.07, 6.45) is 0.770. The van der Waals surface area contributed by atoms with Crippen LogP contribution in [0.3, 0.4) is 0 Å². The third kappa shape index (κ3) is 2.09. The van der Waals surface area contributed by atoms with Crippen molar-refractivity contribution in [2.75, 3.05) is 6.79 Å². The average Bonchev–Trinajstić information content (AvgIpc) is 2.89. The van der Waals surface area contributed by atoms with Crippen LogP contribution < -0.4 is 9.47 Å². The highest BCUT2D eigenvalue weighted by Gasteiger charge is 2.22. The molecule has 2 aliphatic rings. The van der Waals surface area contributed by atoms with Crippen LogP contribution in [0.25, 0.3) is 0 Å². The van der Waals surface area contributed by atoms with Crippen molar-refractivity contribution in [2.45, 2.75) is 13.3 Å². The van der Waals surface area contributed by atoms with E-state index in [-0.39, 0.29) is 6.79 Å². The third-order valence-electron chi connectivity index (χ3n) is 3.67. The van der Waals surface area contributed by atoms with Gasteiger partial charge in [-0.2, -0.15) is 5.10 Å². The Morgan fingerprint density at radius 1 is 0.952 bits per heavy atom. The van der Waals surface area contributed by atoms with Gasteiger partial charge >= 0.3 is 0 Å². The van der Waals surface area contributed by atoms with Crippen LogP contribution in [-0.2, 0) is 6.42 Å². The summed E-state index contributed by atoms with van der Waals surface area (Å²) in [4.78, 5) is 0. The van der Waals surface area contributed by atoms with Gasteiger partial charge in [-0.25, -0.2) is 0 Å². The van der Waals surface area contributed by atoms with Gasteiger partial charge in [0, 0.05) is 23.3 Å². The van der Waals surface area contributed by atoms with Crippen molar-refractivity contribution >= 4 is 11.4 Å². The van der Waals surface area contributed by atoms with E-state index in [1.54, 1.807) is 0 Å². The number of hydrogen-bond donors (Lipinski definition) is 0. The highest BCUT2D eigenvalue weighted by Crippen LogP contribution is 2.36. The van der Waals surface area contributed by atoms with Gasteiger partial charge in [-0.3, -0.25) is 0 Å². The van der Waals surface area contributed by atoms with E-state index in [9.17, 15) is 0 Å². The van der Waals surface area contributed by atoms with Gasteiger partial charge in [0.05, 0.1) is 0 Å². The maximum absolute atomic E-state index is 5.50. The Balaban J connectivity index is 1.93.